The van der Waals surface area contributed by atoms with Gasteiger partial charge in [-0.15, -0.1) is 0 Å². The Morgan fingerprint density at radius 1 is 0.967 bits per heavy atom. The number of likely N-dealkylation sites (tertiary alicyclic amines) is 2. The molecule has 1 N–H and O–H groups in total. The molecule has 5 rings (SSSR count). The second-order valence-corrected chi connectivity index (χ2v) is 8.46. The van der Waals surface area contributed by atoms with Crippen LogP contribution in [0.3, 0.4) is 0 Å². The Bertz CT molecular complexity index is 1030. The summed E-state index contributed by atoms with van der Waals surface area (Å²) in [6.07, 6.45) is 7.31. The molecule has 2 aliphatic heterocycles. The number of nitrogens with one attached hydrogen (secondary N) is 1. The maximum absolute atomic E-state index is 13.2. The number of H-pyrrole nitrogens is 1. The largest absolute Gasteiger partial charge is 0.459 e. The van der Waals surface area contributed by atoms with Crippen molar-refractivity contribution in [3.8, 4) is 0 Å². The van der Waals surface area contributed by atoms with Crippen LogP contribution in [0.2, 0.25) is 0 Å². The molecular weight excluding hydrogens is 378 g/mol. The van der Waals surface area contributed by atoms with Crippen molar-refractivity contribution in [3.63, 3.8) is 0 Å². The fourth-order valence-electron chi connectivity index (χ4n) is 5.02. The van der Waals surface area contributed by atoms with Crippen LogP contribution in [0.15, 0.2) is 53.3 Å². The highest BCUT2D eigenvalue weighted by Gasteiger charge is 2.34. The number of hydrogen-bond acceptors (Lipinski definition) is 3. The summed E-state index contributed by atoms with van der Waals surface area (Å²) < 4.78 is 5.25. The van der Waals surface area contributed by atoms with Gasteiger partial charge in [0.15, 0.2) is 5.76 Å². The second-order valence-electron chi connectivity index (χ2n) is 8.46. The van der Waals surface area contributed by atoms with Gasteiger partial charge in [-0.2, -0.15) is 0 Å². The van der Waals surface area contributed by atoms with Crippen molar-refractivity contribution in [1.29, 1.82) is 0 Å². The van der Waals surface area contributed by atoms with Gasteiger partial charge in [-0.05, 0) is 55.4 Å². The third-order valence-electron chi connectivity index (χ3n) is 6.66. The minimum Gasteiger partial charge on any atom is -0.459 e. The Kier molecular flexibility index (Phi) is 5.07. The van der Waals surface area contributed by atoms with Crippen molar-refractivity contribution in [2.75, 3.05) is 26.2 Å². The molecule has 0 bridgehead atoms. The minimum absolute atomic E-state index is 0.109. The van der Waals surface area contributed by atoms with Crippen LogP contribution in [-0.4, -0.2) is 52.8 Å². The highest BCUT2D eigenvalue weighted by molar-refractivity contribution is 5.92. The smallest absolute Gasteiger partial charge is 0.289 e. The first kappa shape index (κ1) is 19.0. The number of fused-ring (bicyclic) bond motifs is 1. The van der Waals surface area contributed by atoms with E-state index in [0.29, 0.717) is 24.8 Å². The number of benzene rings is 1. The van der Waals surface area contributed by atoms with E-state index in [2.05, 4.69) is 29.4 Å². The van der Waals surface area contributed by atoms with Gasteiger partial charge in [0, 0.05) is 43.3 Å². The zero-order valence-corrected chi connectivity index (χ0v) is 17.0. The molecule has 1 unspecified atom stereocenters. The Morgan fingerprint density at radius 3 is 2.60 bits per heavy atom. The number of hydrogen-bond donors (Lipinski definition) is 1. The summed E-state index contributed by atoms with van der Waals surface area (Å²) in [7, 11) is 0. The summed E-state index contributed by atoms with van der Waals surface area (Å²) in [4.78, 5) is 32.9. The van der Waals surface area contributed by atoms with E-state index in [1.165, 1.54) is 22.7 Å². The summed E-state index contributed by atoms with van der Waals surface area (Å²) >= 11 is 0. The lowest BCUT2D eigenvalue weighted by Gasteiger charge is -2.37. The van der Waals surface area contributed by atoms with Crippen molar-refractivity contribution < 1.29 is 14.0 Å². The second kappa shape index (κ2) is 8.01. The van der Waals surface area contributed by atoms with Gasteiger partial charge >= 0.3 is 0 Å². The summed E-state index contributed by atoms with van der Waals surface area (Å²) in [5, 5.41) is 1.29. The van der Waals surface area contributed by atoms with Crippen molar-refractivity contribution >= 4 is 22.7 Å². The number of carbonyl (C=O) groups is 2. The van der Waals surface area contributed by atoms with Crippen molar-refractivity contribution in [2.45, 2.75) is 31.6 Å². The number of furan rings is 1. The molecule has 0 aliphatic carbocycles. The molecule has 6 heteroatoms. The van der Waals surface area contributed by atoms with Gasteiger partial charge < -0.3 is 19.2 Å². The van der Waals surface area contributed by atoms with Crippen molar-refractivity contribution in [3.05, 3.63) is 60.2 Å². The standard InChI is InChI=1S/C24H27N3O3/c28-23(18-5-3-11-27(16-18)24(29)22-8-4-14-30-22)26-12-9-17(10-13-26)20-15-25-21-7-2-1-6-19(20)21/h1-2,4,6-8,14-15,17-18,25H,3,5,9-13,16H2. The van der Waals surface area contributed by atoms with E-state index in [-0.39, 0.29) is 17.7 Å². The molecule has 2 saturated heterocycles. The molecule has 2 amide bonds. The van der Waals surface area contributed by atoms with Gasteiger partial charge in [-0.25, -0.2) is 0 Å². The third kappa shape index (κ3) is 3.51. The molecule has 4 heterocycles. The lowest BCUT2D eigenvalue weighted by atomic mass is 9.88. The Labute approximate surface area is 175 Å². The van der Waals surface area contributed by atoms with Gasteiger partial charge in [-0.1, -0.05) is 18.2 Å². The zero-order valence-electron chi connectivity index (χ0n) is 17.0. The SMILES string of the molecule is O=C(c1ccco1)N1CCCC(C(=O)N2CCC(c3c[nH]c4ccccc34)CC2)C1. The number of aromatic nitrogens is 1. The van der Waals surface area contributed by atoms with Gasteiger partial charge in [-0.3, -0.25) is 9.59 Å². The van der Waals surface area contributed by atoms with E-state index in [1.807, 2.05) is 11.0 Å². The minimum atomic E-state index is -0.115. The fraction of sp³-hybridized carbons (Fsp3) is 0.417. The molecule has 1 aromatic carbocycles. The quantitative estimate of drug-likeness (QED) is 0.716. The van der Waals surface area contributed by atoms with Crippen LogP contribution in [0.1, 0.15) is 47.7 Å². The van der Waals surface area contributed by atoms with Gasteiger partial charge in [0.2, 0.25) is 5.91 Å². The lowest BCUT2D eigenvalue weighted by Crippen LogP contribution is -2.48. The average molecular weight is 405 g/mol. The number of aromatic amines is 1. The molecule has 0 saturated carbocycles. The maximum atomic E-state index is 13.2. The molecule has 2 aliphatic rings. The molecular formula is C24H27N3O3. The van der Waals surface area contributed by atoms with Gasteiger partial charge in [0.1, 0.15) is 0 Å². The number of amides is 2. The molecule has 30 heavy (non-hydrogen) atoms. The van der Waals surface area contributed by atoms with Crippen LogP contribution in [-0.2, 0) is 4.79 Å². The normalized spacial score (nSPS) is 20.6. The number of nitrogens with zero attached hydrogens (tertiary/aromatic N) is 2. The van der Waals surface area contributed by atoms with Crippen LogP contribution in [0.25, 0.3) is 10.9 Å². The van der Waals surface area contributed by atoms with Crippen LogP contribution in [0.4, 0.5) is 0 Å². The van der Waals surface area contributed by atoms with E-state index < -0.39 is 0 Å². The van der Waals surface area contributed by atoms with Crippen LogP contribution in [0, 0.1) is 5.92 Å². The Morgan fingerprint density at radius 2 is 1.80 bits per heavy atom. The van der Waals surface area contributed by atoms with Crippen molar-refractivity contribution in [2.24, 2.45) is 5.92 Å². The number of piperidine rings is 2. The topological polar surface area (TPSA) is 69.6 Å². The predicted octanol–water partition coefficient (Wildman–Crippen LogP) is 4.02. The zero-order chi connectivity index (χ0) is 20.5. The average Bonchev–Trinajstić information content (AvgIpc) is 3.49. The Hall–Kier alpha value is -3.02. The first-order chi connectivity index (χ1) is 14.7. The summed E-state index contributed by atoms with van der Waals surface area (Å²) in [6, 6.07) is 11.8. The van der Waals surface area contributed by atoms with Crippen LogP contribution >= 0.6 is 0 Å². The molecule has 2 fully saturated rings. The maximum Gasteiger partial charge on any atom is 0.289 e. The van der Waals surface area contributed by atoms with Crippen molar-refractivity contribution in [1.82, 2.24) is 14.8 Å². The number of carbonyl (C=O) groups excluding carboxylic acids is 2. The van der Waals surface area contributed by atoms with E-state index in [9.17, 15) is 9.59 Å². The monoisotopic (exact) mass is 405 g/mol. The van der Waals surface area contributed by atoms with Gasteiger partial charge in [0.05, 0.1) is 12.2 Å². The molecule has 0 radical (unpaired) electrons. The molecule has 6 nitrogen and oxygen atoms in total. The molecule has 3 aromatic rings. The Balaban J connectivity index is 1.21. The van der Waals surface area contributed by atoms with E-state index in [1.54, 1.807) is 17.0 Å². The summed E-state index contributed by atoms with van der Waals surface area (Å²) in [5.41, 5.74) is 2.54. The lowest BCUT2D eigenvalue weighted by molar-refractivity contribution is -0.138. The number of para-hydroxylation sites is 1. The highest BCUT2D eigenvalue weighted by atomic mass is 16.3. The third-order valence-corrected chi connectivity index (χ3v) is 6.66. The number of rotatable bonds is 3. The van der Waals surface area contributed by atoms with Crippen LogP contribution < -0.4 is 0 Å². The first-order valence-electron chi connectivity index (χ1n) is 10.9. The highest BCUT2D eigenvalue weighted by Crippen LogP contribution is 2.34. The van der Waals surface area contributed by atoms with E-state index in [4.69, 9.17) is 4.42 Å². The molecule has 2 aromatic heterocycles. The molecule has 1 atom stereocenters. The van der Waals surface area contributed by atoms with Crippen LogP contribution in [0.5, 0.6) is 0 Å². The van der Waals surface area contributed by atoms with Gasteiger partial charge in [0.25, 0.3) is 5.91 Å². The summed E-state index contributed by atoms with van der Waals surface area (Å²) in [5.74, 6) is 0.804. The van der Waals surface area contributed by atoms with E-state index in [0.717, 1.165) is 38.8 Å². The fourth-order valence-corrected chi connectivity index (χ4v) is 5.02. The first-order valence-corrected chi connectivity index (χ1v) is 10.9. The molecule has 0 spiro atoms. The molecule has 156 valence electrons. The predicted molar refractivity (Wildman–Crippen MR) is 114 cm³/mol. The summed E-state index contributed by atoms with van der Waals surface area (Å²) in [6.45, 7) is 2.74. The van der Waals surface area contributed by atoms with E-state index >= 15 is 0 Å².